The van der Waals surface area contributed by atoms with Crippen molar-refractivity contribution in [3.8, 4) is 6.07 Å². The maximum Gasteiger partial charge on any atom is 0.257 e. The number of anilines is 2. The van der Waals surface area contributed by atoms with Gasteiger partial charge in [-0.25, -0.2) is 4.98 Å². The zero-order valence-electron chi connectivity index (χ0n) is 17.5. The number of hydrogen-bond acceptors (Lipinski definition) is 6. The maximum absolute atomic E-state index is 12.8. The van der Waals surface area contributed by atoms with E-state index in [9.17, 15) is 9.59 Å². The van der Waals surface area contributed by atoms with Crippen LogP contribution in [0, 0.1) is 11.3 Å². The van der Waals surface area contributed by atoms with Crippen LogP contribution < -0.4 is 10.2 Å². The Balaban J connectivity index is 1.31. The minimum absolute atomic E-state index is 0.0397. The standard InChI is InChI=1S/C24H23N5O2S/c25-16-18-7-9-21(10-8-18)28-11-4-12-29(14-13-28)22(30)15-20-17-32-24(26-20)27-23(31)19-5-2-1-3-6-19/h1-3,5-10,17H,4,11-15H2,(H,26,27,31). The number of carbonyl (C=O) groups excluding carboxylic acids is 2. The van der Waals surface area contributed by atoms with Gasteiger partial charge in [0.25, 0.3) is 5.91 Å². The van der Waals surface area contributed by atoms with E-state index in [2.05, 4.69) is 21.3 Å². The molecule has 0 saturated carbocycles. The Hall–Kier alpha value is -3.70. The van der Waals surface area contributed by atoms with Crippen LogP contribution >= 0.6 is 11.3 Å². The van der Waals surface area contributed by atoms with Crippen LogP contribution in [0.2, 0.25) is 0 Å². The van der Waals surface area contributed by atoms with Gasteiger partial charge in [-0.15, -0.1) is 11.3 Å². The summed E-state index contributed by atoms with van der Waals surface area (Å²) in [5, 5.41) is 14.1. The second kappa shape index (κ2) is 10.1. The minimum Gasteiger partial charge on any atom is -0.370 e. The van der Waals surface area contributed by atoms with Crippen LogP contribution in [0.1, 0.15) is 28.0 Å². The average Bonchev–Trinajstić information content (AvgIpc) is 3.11. The Kier molecular flexibility index (Phi) is 6.78. The van der Waals surface area contributed by atoms with Crippen LogP contribution in [-0.2, 0) is 11.2 Å². The van der Waals surface area contributed by atoms with Crippen molar-refractivity contribution in [3.05, 3.63) is 76.8 Å². The molecule has 0 spiro atoms. The molecule has 2 amide bonds. The summed E-state index contributed by atoms with van der Waals surface area (Å²) in [6.45, 7) is 2.95. The van der Waals surface area contributed by atoms with E-state index in [1.54, 1.807) is 12.1 Å². The molecule has 7 nitrogen and oxygen atoms in total. The van der Waals surface area contributed by atoms with E-state index in [-0.39, 0.29) is 18.2 Å². The lowest BCUT2D eigenvalue weighted by molar-refractivity contribution is -0.130. The number of aromatic nitrogens is 1. The molecular weight excluding hydrogens is 422 g/mol. The number of carbonyl (C=O) groups is 2. The molecule has 32 heavy (non-hydrogen) atoms. The number of thiazole rings is 1. The Labute approximate surface area is 190 Å². The van der Waals surface area contributed by atoms with Crippen LogP contribution in [0.5, 0.6) is 0 Å². The molecule has 1 N–H and O–H groups in total. The summed E-state index contributed by atoms with van der Waals surface area (Å²) in [4.78, 5) is 33.7. The second-order valence-corrected chi connectivity index (χ2v) is 8.38. The van der Waals surface area contributed by atoms with Gasteiger partial charge < -0.3 is 9.80 Å². The number of benzene rings is 2. The van der Waals surface area contributed by atoms with Crippen molar-refractivity contribution in [1.29, 1.82) is 5.26 Å². The lowest BCUT2D eigenvalue weighted by Crippen LogP contribution is -2.36. The summed E-state index contributed by atoms with van der Waals surface area (Å²) in [6, 6.07) is 18.6. The predicted octanol–water partition coefficient (Wildman–Crippen LogP) is 3.55. The smallest absolute Gasteiger partial charge is 0.257 e. The van der Waals surface area contributed by atoms with E-state index in [0.717, 1.165) is 25.2 Å². The molecule has 1 aliphatic heterocycles. The zero-order valence-corrected chi connectivity index (χ0v) is 18.3. The van der Waals surface area contributed by atoms with Crippen LogP contribution in [0.25, 0.3) is 0 Å². The molecule has 1 aliphatic rings. The van der Waals surface area contributed by atoms with Crippen molar-refractivity contribution in [1.82, 2.24) is 9.88 Å². The number of rotatable bonds is 5. The molecule has 162 valence electrons. The molecule has 0 unspecified atom stereocenters. The molecule has 4 rings (SSSR count). The first-order valence-corrected chi connectivity index (χ1v) is 11.3. The summed E-state index contributed by atoms with van der Waals surface area (Å²) >= 11 is 1.32. The van der Waals surface area contributed by atoms with Gasteiger partial charge in [-0.1, -0.05) is 18.2 Å². The monoisotopic (exact) mass is 445 g/mol. The lowest BCUT2D eigenvalue weighted by Gasteiger charge is -2.23. The molecule has 0 aliphatic carbocycles. The first-order chi connectivity index (χ1) is 15.6. The molecule has 1 saturated heterocycles. The van der Waals surface area contributed by atoms with E-state index in [0.29, 0.717) is 35.0 Å². The Morgan fingerprint density at radius 1 is 1.03 bits per heavy atom. The number of nitrogens with zero attached hydrogens (tertiary/aromatic N) is 4. The van der Waals surface area contributed by atoms with Gasteiger partial charge in [0.15, 0.2) is 5.13 Å². The van der Waals surface area contributed by atoms with Crippen molar-refractivity contribution >= 4 is 34.0 Å². The van der Waals surface area contributed by atoms with Gasteiger partial charge in [0.2, 0.25) is 5.91 Å². The predicted molar refractivity (Wildman–Crippen MR) is 125 cm³/mol. The van der Waals surface area contributed by atoms with Gasteiger partial charge in [0.05, 0.1) is 23.7 Å². The Morgan fingerprint density at radius 2 is 1.81 bits per heavy atom. The highest BCUT2D eigenvalue weighted by atomic mass is 32.1. The number of hydrogen-bond donors (Lipinski definition) is 1. The fourth-order valence-corrected chi connectivity index (χ4v) is 4.35. The Morgan fingerprint density at radius 3 is 2.56 bits per heavy atom. The fourth-order valence-electron chi connectivity index (χ4n) is 3.64. The maximum atomic E-state index is 12.8. The highest BCUT2D eigenvalue weighted by Gasteiger charge is 2.20. The van der Waals surface area contributed by atoms with E-state index < -0.39 is 0 Å². The quantitative estimate of drug-likeness (QED) is 0.649. The van der Waals surface area contributed by atoms with E-state index in [4.69, 9.17) is 5.26 Å². The molecule has 3 aromatic rings. The van der Waals surface area contributed by atoms with Gasteiger partial charge in [-0.2, -0.15) is 5.26 Å². The molecule has 0 bridgehead atoms. The van der Waals surface area contributed by atoms with Crippen LogP contribution in [-0.4, -0.2) is 47.9 Å². The number of nitrogens with one attached hydrogen (secondary N) is 1. The summed E-state index contributed by atoms with van der Waals surface area (Å²) < 4.78 is 0. The first-order valence-electron chi connectivity index (χ1n) is 10.5. The third kappa shape index (κ3) is 5.31. The molecule has 1 fully saturated rings. The molecule has 8 heteroatoms. The topological polar surface area (TPSA) is 89.3 Å². The highest BCUT2D eigenvalue weighted by Crippen LogP contribution is 2.20. The molecule has 1 aromatic heterocycles. The van der Waals surface area contributed by atoms with Crippen molar-refractivity contribution in [2.75, 3.05) is 36.4 Å². The van der Waals surface area contributed by atoms with Crippen LogP contribution in [0.4, 0.5) is 10.8 Å². The van der Waals surface area contributed by atoms with Gasteiger partial charge >= 0.3 is 0 Å². The fraction of sp³-hybridized carbons (Fsp3) is 0.250. The third-order valence-electron chi connectivity index (χ3n) is 5.35. The highest BCUT2D eigenvalue weighted by molar-refractivity contribution is 7.14. The summed E-state index contributed by atoms with van der Waals surface area (Å²) in [5.41, 5.74) is 2.94. The zero-order chi connectivity index (χ0) is 22.3. The second-order valence-electron chi connectivity index (χ2n) is 7.52. The molecule has 0 radical (unpaired) electrons. The lowest BCUT2D eigenvalue weighted by atomic mass is 10.2. The largest absolute Gasteiger partial charge is 0.370 e. The molecule has 2 heterocycles. The van der Waals surface area contributed by atoms with Crippen molar-refractivity contribution < 1.29 is 9.59 Å². The van der Waals surface area contributed by atoms with E-state index in [1.165, 1.54) is 11.3 Å². The average molecular weight is 446 g/mol. The summed E-state index contributed by atoms with van der Waals surface area (Å²) in [6.07, 6.45) is 1.09. The van der Waals surface area contributed by atoms with Crippen LogP contribution in [0.3, 0.4) is 0 Å². The molecule has 0 atom stereocenters. The number of amides is 2. The molecule has 2 aromatic carbocycles. The van der Waals surface area contributed by atoms with Gasteiger partial charge in [-0.3, -0.25) is 14.9 Å². The summed E-state index contributed by atoms with van der Waals surface area (Å²) in [5.74, 6) is -0.175. The van der Waals surface area contributed by atoms with Gasteiger partial charge in [-0.05, 0) is 42.8 Å². The van der Waals surface area contributed by atoms with Crippen molar-refractivity contribution in [2.24, 2.45) is 0 Å². The first kappa shape index (κ1) is 21.5. The Bertz CT molecular complexity index is 1120. The third-order valence-corrected chi connectivity index (χ3v) is 6.16. The SMILES string of the molecule is N#Cc1ccc(N2CCCN(C(=O)Cc3csc(NC(=O)c4ccccc4)n3)CC2)cc1. The van der Waals surface area contributed by atoms with Crippen molar-refractivity contribution in [2.45, 2.75) is 12.8 Å². The summed E-state index contributed by atoms with van der Waals surface area (Å²) in [7, 11) is 0. The minimum atomic E-state index is -0.215. The molecular formula is C24H23N5O2S. The van der Waals surface area contributed by atoms with Crippen LogP contribution in [0.15, 0.2) is 60.0 Å². The van der Waals surface area contributed by atoms with E-state index >= 15 is 0 Å². The number of nitriles is 1. The van der Waals surface area contributed by atoms with E-state index in [1.807, 2.05) is 52.7 Å². The van der Waals surface area contributed by atoms with Crippen molar-refractivity contribution in [3.63, 3.8) is 0 Å². The van der Waals surface area contributed by atoms with Gasteiger partial charge in [0, 0.05) is 42.8 Å². The normalized spacial score (nSPS) is 13.8. The van der Waals surface area contributed by atoms with Gasteiger partial charge in [0.1, 0.15) is 0 Å².